The van der Waals surface area contributed by atoms with Crippen LogP contribution in [0.1, 0.15) is 100 Å². The molecule has 32 heavy (non-hydrogen) atoms. The van der Waals surface area contributed by atoms with Crippen LogP contribution in [-0.4, -0.2) is 25.9 Å². The number of rotatable bonds is 17. The minimum Gasteiger partial charge on any atom is -0.330 e. The summed E-state index contributed by atoms with van der Waals surface area (Å²) in [6, 6.07) is 0. The fourth-order valence-electron chi connectivity index (χ4n) is 3.51. The van der Waals surface area contributed by atoms with Gasteiger partial charge in [-0.25, -0.2) is 0 Å². The van der Waals surface area contributed by atoms with Crippen molar-refractivity contribution in [2.75, 3.05) is 19.6 Å². The molecular formula is C29H56N2O. The number of nitrogens with two attached hydrogens (primary N) is 1. The minimum absolute atomic E-state index is 0.104. The maximum Gasteiger partial charge on any atom is 0.150 e. The normalized spacial score (nSPS) is 14.2. The molecule has 3 heteroatoms. The van der Waals surface area contributed by atoms with Crippen molar-refractivity contribution in [2.24, 2.45) is 17.1 Å². The van der Waals surface area contributed by atoms with Gasteiger partial charge in [-0.2, -0.15) is 0 Å². The van der Waals surface area contributed by atoms with Crippen molar-refractivity contribution in [1.82, 2.24) is 5.32 Å². The Morgan fingerprint density at radius 3 is 2.22 bits per heavy atom. The van der Waals surface area contributed by atoms with Crippen LogP contribution in [0.2, 0.25) is 0 Å². The molecule has 3 nitrogen and oxygen atoms in total. The second-order valence-electron chi connectivity index (χ2n) is 8.19. The van der Waals surface area contributed by atoms with Crippen LogP contribution in [0.3, 0.4) is 0 Å². The van der Waals surface area contributed by atoms with Gasteiger partial charge >= 0.3 is 0 Å². The number of nitrogens with one attached hydrogen (secondary N) is 1. The van der Waals surface area contributed by atoms with Gasteiger partial charge in [-0.1, -0.05) is 104 Å². The first-order chi connectivity index (χ1) is 15.4. The Morgan fingerprint density at radius 2 is 1.75 bits per heavy atom. The second-order valence-corrected chi connectivity index (χ2v) is 8.19. The Labute approximate surface area is 201 Å². The Morgan fingerprint density at radius 1 is 1.12 bits per heavy atom. The number of carbonyl (C=O) groups is 1. The molecule has 0 aromatic heterocycles. The molecule has 0 spiro atoms. The molecule has 0 aliphatic heterocycles. The molecule has 0 heterocycles. The molecule has 0 rings (SSSR count). The van der Waals surface area contributed by atoms with Crippen molar-refractivity contribution < 1.29 is 4.79 Å². The lowest BCUT2D eigenvalue weighted by Gasteiger charge is -2.32. The second kappa shape index (κ2) is 24.2. The van der Waals surface area contributed by atoms with Crippen molar-refractivity contribution >= 4 is 6.29 Å². The van der Waals surface area contributed by atoms with Gasteiger partial charge in [0.1, 0.15) is 6.29 Å². The Balaban J connectivity index is -0.00000198. The molecular weight excluding hydrogens is 392 g/mol. The van der Waals surface area contributed by atoms with E-state index in [9.17, 15) is 4.79 Å². The molecule has 188 valence electrons. The summed E-state index contributed by atoms with van der Waals surface area (Å²) in [4.78, 5) is 10.8. The highest BCUT2D eigenvalue weighted by molar-refractivity contribution is 5.77. The van der Waals surface area contributed by atoms with Crippen molar-refractivity contribution in [2.45, 2.75) is 100 Å². The van der Waals surface area contributed by atoms with Crippen molar-refractivity contribution in [3.63, 3.8) is 0 Å². The summed E-state index contributed by atoms with van der Waals surface area (Å²) >= 11 is 0. The van der Waals surface area contributed by atoms with Gasteiger partial charge in [0.2, 0.25) is 0 Å². The summed E-state index contributed by atoms with van der Waals surface area (Å²) in [5.74, 6) is 0.754. The van der Waals surface area contributed by atoms with Gasteiger partial charge in [-0.3, -0.25) is 4.79 Å². The lowest BCUT2D eigenvalue weighted by Crippen LogP contribution is -2.36. The van der Waals surface area contributed by atoms with Crippen LogP contribution >= 0.6 is 0 Å². The van der Waals surface area contributed by atoms with Crippen LogP contribution in [0.5, 0.6) is 0 Å². The van der Waals surface area contributed by atoms with Crippen LogP contribution in [0.25, 0.3) is 0 Å². The molecule has 0 amide bonds. The van der Waals surface area contributed by atoms with Crippen LogP contribution in [0.4, 0.5) is 0 Å². The molecule has 0 saturated heterocycles. The van der Waals surface area contributed by atoms with E-state index in [0.717, 1.165) is 44.6 Å². The molecule has 0 saturated carbocycles. The van der Waals surface area contributed by atoms with Gasteiger partial charge in [0.05, 0.1) is 0 Å². The number of allylic oxidation sites excluding steroid dienone is 5. The topological polar surface area (TPSA) is 55.1 Å². The summed E-state index contributed by atoms with van der Waals surface area (Å²) in [5, 5.41) is 3.66. The van der Waals surface area contributed by atoms with E-state index >= 15 is 0 Å². The molecule has 0 aromatic carbocycles. The van der Waals surface area contributed by atoms with Crippen LogP contribution in [-0.2, 0) is 4.79 Å². The fourth-order valence-corrected chi connectivity index (χ4v) is 3.51. The summed E-state index contributed by atoms with van der Waals surface area (Å²) in [7, 11) is 0. The van der Waals surface area contributed by atoms with Crippen LogP contribution in [0.15, 0.2) is 48.1 Å². The summed E-state index contributed by atoms with van der Waals surface area (Å²) in [5.41, 5.74) is 9.15. The fraction of sp³-hybridized carbons (Fsp3) is 0.690. The first-order valence-electron chi connectivity index (χ1n) is 12.9. The summed E-state index contributed by atoms with van der Waals surface area (Å²) in [6.45, 7) is 27.5. The molecule has 2 unspecified atom stereocenters. The molecule has 0 bridgehead atoms. The molecule has 0 aliphatic rings. The van der Waals surface area contributed by atoms with Gasteiger partial charge in [0, 0.05) is 17.5 Å². The highest BCUT2D eigenvalue weighted by Crippen LogP contribution is 2.30. The quantitative estimate of drug-likeness (QED) is 0.0784. The predicted octanol–water partition coefficient (Wildman–Crippen LogP) is 7.79. The Hall–Kier alpha value is -1.45. The lowest BCUT2D eigenvalue weighted by atomic mass is 9.78. The van der Waals surface area contributed by atoms with E-state index < -0.39 is 0 Å². The van der Waals surface area contributed by atoms with Gasteiger partial charge in [0.25, 0.3) is 0 Å². The Kier molecular flexibility index (Phi) is 26.6. The maximum absolute atomic E-state index is 10.8. The third-order valence-electron chi connectivity index (χ3n) is 5.91. The van der Waals surface area contributed by atoms with E-state index in [4.69, 9.17) is 5.73 Å². The van der Waals surface area contributed by atoms with E-state index in [1.54, 1.807) is 6.08 Å². The number of hydrogen-bond donors (Lipinski definition) is 2. The smallest absolute Gasteiger partial charge is 0.150 e. The third kappa shape index (κ3) is 17.1. The van der Waals surface area contributed by atoms with Crippen LogP contribution in [0, 0.1) is 11.3 Å². The van der Waals surface area contributed by atoms with E-state index in [1.165, 1.54) is 36.8 Å². The van der Waals surface area contributed by atoms with E-state index in [-0.39, 0.29) is 5.41 Å². The minimum atomic E-state index is 0.104. The number of aldehydes is 1. The van der Waals surface area contributed by atoms with Crippen LogP contribution < -0.4 is 11.1 Å². The zero-order chi connectivity index (χ0) is 25.4. The lowest BCUT2D eigenvalue weighted by molar-refractivity contribution is -0.104. The zero-order valence-corrected chi connectivity index (χ0v) is 22.9. The highest BCUT2D eigenvalue weighted by Gasteiger charge is 2.25. The van der Waals surface area contributed by atoms with E-state index in [0.29, 0.717) is 12.1 Å². The first-order valence-corrected chi connectivity index (χ1v) is 12.9. The molecule has 2 atom stereocenters. The molecule has 0 fully saturated rings. The van der Waals surface area contributed by atoms with Gasteiger partial charge < -0.3 is 11.1 Å². The highest BCUT2D eigenvalue weighted by atomic mass is 16.1. The molecule has 0 radical (unpaired) electrons. The third-order valence-corrected chi connectivity index (χ3v) is 5.91. The van der Waals surface area contributed by atoms with E-state index in [1.807, 2.05) is 39.8 Å². The number of carbonyl (C=O) groups excluding carboxylic acids is 1. The van der Waals surface area contributed by atoms with Gasteiger partial charge in [0.15, 0.2) is 0 Å². The predicted molar refractivity (Wildman–Crippen MR) is 147 cm³/mol. The largest absolute Gasteiger partial charge is 0.330 e. The number of hydrogen-bond acceptors (Lipinski definition) is 3. The van der Waals surface area contributed by atoms with Crippen molar-refractivity contribution in [1.29, 1.82) is 0 Å². The summed E-state index contributed by atoms with van der Waals surface area (Å²) < 4.78 is 0. The maximum atomic E-state index is 10.8. The van der Waals surface area contributed by atoms with Crippen molar-refractivity contribution in [3.8, 4) is 0 Å². The molecule has 0 aromatic rings. The van der Waals surface area contributed by atoms with Gasteiger partial charge in [-0.05, 0) is 58.0 Å². The zero-order valence-electron chi connectivity index (χ0n) is 22.9. The summed E-state index contributed by atoms with van der Waals surface area (Å²) in [6.07, 6.45) is 14.3. The first kappa shape index (κ1) is 35.1. The van der Waals surface area contributed by atoms with Gasteiger partial charge in [-0.15, -0.1) is 0 Å². The Bertz CT molecular complexity index is 523. The standard InChI is InChI=1S/C25H44N2O.2C2H6/c1-7-22(5)25(6,16-17-26)20-27-18-15-23(8-2)12-10-11-21(4)13-14-24(9-3)19-28;2*1-2/h9,13-14,19,23,27H,3,5,7-8,10-12,15-18,20,26H2,1-2,4,6H3;2*1-2H3/b21-13+,24-14+;;. The molecule has 0 aliphatic carbocycles. The van der Waals surface area contributed by atoms with Crippen molar-refractivity contribution in [3.05, 3.63) is 48.1 Å². The van der Waals surface area contributed by atoms with E-state index in [2.05, 4.69) is 46.2 Å². The SMILES string of the molecule is C=C/C(C=O)=C\C=C(/C)CCCC(CC)CCNCC(C)(CCN)C(=C)CC.CC.CC. The average molecular weight is 449 g/mol. The molecule has 3 N–H and O–H groups in total. The monoisotopic (exact) mass is 448 g/mol. The average Bonchev–Trinajstić information content (AvgIpc) is 2.83.